The van der Waals surface area contributed by atoms with E-state index in [9.17, 15) is 18.4 Å². The second-order valence-electron chi connectivity index (χ2n) is 5.63. The third-order valence-electron chi connectivity index (χ3n) is 4.09. The number of aromatic nitrogens is 4. The van der Waals surface area contributed by atoms with Crippen LogP contribution < -0.4 is 10.5 Å². The van der Waals surface area contributed by atoms with E-state index in [4.69, 9.17) is 0 Å². The minimum atomic E-state index is -0.583. The molecule has 0 spiro atoms. The maximum Gasteiger partial charge on any atom is 0.283 e. The van der Waals surface area contributed by atoms with E-state index in [1.165, 1.54) is 21.1 Å². The highest BCUT2D eigenvalue weighted by molar-refractivity contribution is 9.10. The molecule has 0 fully saturated rings. The number of halogens is 3. The van der Waals surface area contributed by atoms with Gasteiger partial charge in [0.2, 0.25) is 11.9 Å². The maximum atomic E-state index is 14.0. The fourth-order valence-electron chi connectivity index (χ4n) is 2.77. The van der Waals surface area contributed by atoms with E-state index in [0.717, 1.165) is 18.2 Å². The Bertz CT molecular complexity index is 1110. The largest absolute Gasteiger partial charge is 0.298 e. The molecular formula is C15H10BrF2N5O2. The SMILES string of the molecule is CN1C(=O)Cn2c1nc1c(nc(Br)n1Cc1cc(F)ccc1F)c2=O. The van der Waals surface area contributed by atoms with Crippen LogP contribution in [0, 0.1) is 11.6 Å². The van der Waals surface area contributed by atoms with E-state index in [-0.39, 0.29) is 46.4 Å². The van der Waals surface area contributed by atoms with Crippen molar-refractivity contribution >= 4 is 38.9 Å². The molecule has 10 heteroatoms. The first kappa shape index (κ1) is 15.9. The van der Waals surface area contributed by atoms with Crippen LogP contribution in [0.3, 0.4) is 0 Å². The van der Waals surface area contributed by atoms with E-state index in [1.54, 1.807) is 0 Å². The molecular weight excluding hydrogens is 400 g/mol. The summed E-state index contributed by atoms with van der Waals surface area (Å²) < 4.78 is 30.3. The Labute approximate surface area is 147 Å². The molecule has 0 aliphatic carbocycles. The lowest BCUT2D eigenvalue weighted by molar-refractivity contribution is -0.117. The molecule has 1 amide bonds. The number of amides is 1. The van der Waals surface area contributed by atoms with Gasteiger partial charge in [0.25, 0.3) is 5.56 Å². The van der Waals surface area contributed by atoms with Crippen molar-refractivity contribution in [2.24, 2.45) is 0 Å². The predicted octanol–water partition coefficient (Wildman–Crippen LogP) is 1.66. The van der Waals surface area contributed by atoms with Gasteiger partial charge in [0, 0.05) is 12.6 Å². The van der Waals surface area contributed by atoms with E-state index >= 15 is 0 Å². The normalized spacial score (nSPS) is 13.8. The molecule has 1 aliphatic heterocycles. The molecule has 0 saturated heterocycles. The van der Waals surface area contributed by atoms with Crippen molar-refractivity contribution in [1.29, 1.82) is 0 Å². The van der Waals surface area contributed by atoms with Crippen molar-refractivity contribution in [3.05, 3.63) is 50.5 Å². The van der Waals surface area contributed by atoms with Gasteiger partial charge >= 0.3 is 0 Å². The molecule has 3 heterocycles. The fourth-order valence-corrected chi connectivity index (χ4v) is 3.25. The number of carbonyl (C=O) groups is 1. The van der Waals surface area contributed by atoms with E-state index in [1.807, 2.05) is 0 Å². The van der Waals surface area contributed by atoms with E-state index in [2.05, 4.69) is 25.9 Å². The molecule has 0 bridgehead atoms. The molecule has 0 unspecified atom stereocenters. The van der Waals surface area contributed by atoms with Gasteiger partial charge in [-0.2, -0.15) is 4.98 Å². The number of anilines is 1. The highest BCUT2D eigenvalue weighted by Gasteiger charge is 2.29. The molecule has 128 valence electrons. The summed E-state index contributed by atoms with van der Waals surface area (Å²) in [5.74, 6) is -1.23. The number of hydrogen-bond acceptors (Lipinski definition) is 4. The van der Waals surface area contributed by atoms with Gasteiger partial charge in [0.05, 0.1) is 6.54 Å². The molecule has 25 heavy (non-hydrogen) atoms. The minimum Gasteiger partial charge on any atom is -0.298 e. The average molecular weight is 410 g/mol. The lowest BCUT2D eigenvalue weighted by atomic mass is 10.2. The summed E-state index contributed by atoms with van der Waals surface area (Å²) >= 11 is 3.23. The number of imidazole rings is 1. The Kier molecular flexibility index (Phi) is 3.46. The number of likely N-dealkylation sites (N-methyl/N-ethyl adjacent to an activating group) is 1. The Morgan fingerprint density at radius 2 is 2.00 bits per heavy atom. The van der Waals surface area contributed by atoms with Crippen LogP contribution in [0.25, 0.3) is 11.2 Å². The first-order valence-corrected chi connectivity index (χ1v) is 8.03. The van der Waals surface area contributed by atoms with Gasteiger partial charge < -0.3 is 0 Å². The van der Waals surface area contributed by atoms with Gasteiger partial charge in [-0.25, -0.2) is 13.8 Å². The summed E-state index contributed by atoms with van der Waals surface area (Å²) in [7, 11) is 1.52. The second kappa shape index (κ2) is 5.45. The van der Waals surface area contributed by atoms with Crippen molar-refractivity contribution in [2.75, 3.05) is 11.9 Å². The summed E-state index contributed by atoms with van der Waals surface area (Å²) in [6, 6.07) is 3.13. The van der Waals surface area contributed by atoms with Crippen molar-refractivity contribution in [3.8, 4) is 0 Å². The quantitative estimate of drug-likeness (QED) is 0.603. The molecule has 4 rings (SSSR count). The van der Waals surface area contributed by atoms with Gasteiger partial charge in [-0.15, -0.1) is 0 Å². The lowest BCUT2D eigenvalue weighted by Gasteiger charge is -2.10. The molecule has 0 N–H and O–H groups in total. The van der Waals surface area contributed by atoms with Crippen molar-refractivity contribution in [1.82, 2.24) is 19.1 Å². The smallest absolute Gasteiger partial charge is 0.283 e. The first-order valence-electron chi connectivity index (χ1n) is 7.24. The number of hydrogen-bond donors (Lipinski definition) is 0. The second-order valence-corrected chi connectivity index (χ2v) is 6.34. The Hall–Kier alpha value is -2.62. The van der Waals surface area contributed by atoms with Crippen LogP contribution in [0.4, 0.5) is 14.7 Å². The molecule has 0 saturated carbocycles. The van der Waals surface area contributed by atoms with Crippen LogP contribution >= 0.6 is 15.9 Å². The Morgan fingerprint density at radius 1 is 1.24 bits per heavy atom. The highest BCUT2D eigenvalue weighted by atomic mass is 79.9. The van der Waals surface area contributed by atoms with E-state index < -0.39 is 17.2 Å². The maximum absolute atomic E-state index is 14.0. The summed E-state index contributed by atoms with van der Waals surface area (Å²) in [6.07, 6.45) is 0. The van der Waals surface area contributed by atoms with Crippen LogP contribution in [0.2, 0.25) is 0 Å². The monoisotopic (exact) mass is 409 g/mol. The van der Waals surface area contributed by atoms with Crippen LogP contribution in [0.15, 0.2) is 27.7 Å². The highest BCUT2D eigenvalue weighted by Crippen LogP contribution is 2.24. The van der Waals surface area contributed by atoms with Crippen LogP contribution in [0.1, 0.15) is 5.56 Å². The van der Waals surface area contributed by atoms with Crippen LogP contribution in [-0.2, 0) is 17.9 Å². The number of carbonyl (C=O) groups excluding carboxylic acids is 1. The zero-order valence-corrected chi connectivity index (χ0v) is 14.4. The third-order valence-corrected chi connectivity index (χ3v) is 4.70. The van der Waals surface area contributed by atoms with Crippen molar-refractivity contribution in [3.63, 3.8) is 0 Å². The van der Waals surface area contributed by atoms with Crippen LogP contribution in [0.5, 0.6) is 0 Å². The standard InChI is InChI=1S/C15H10BrF2N5O2/c1-21-10(24)6-23-13(25)11-12(20-15(21)23)22(14(16)19-11)5-7-4-8(17)2-3-9(7)18/h2-4H,5-6H2,1H3. The zero-order valence-electron chi connectivity index (χ0n) is 12.8. The molecule has 1 aromatic carbocycles. The van der Waals surface area contributed by atoms with Gasteiger partial charge in [-0.1, -0.05) is 0 Å². The molecule has 2 aromatic heterocycles. The number of benzene rings is 1. The van der Waals surface area contributed by atoms with Gasteiger partial charge in [-0.05, 0) is 34.1 Å². The topological polar surface area (TPSA) is 73.0 Å². The summed E-state index contributed by atoms with van der Waals surface area (Å²) in [5.41, 5.74) is -0.132. The fraction of sp³-hybridized carbons (Fsp3) is 0.200. The minimum absolute atomic E-state index is 0.0514. The third kappa shape index (κ3) is 2.36. The van der Waals surface area contributed by atoms with E-state index in [0.29, 0.717) is 0 Å². The number of fused-ring (bicyclic) bond motifs is 2. The molecule has 3 aromatic rings. The zero-order chi connectivity index (χ0) is 17.9. The molecule has 7 nitrogen and oxygen atoms in total. The van der Waals surface area contributed by atoms with Crippen molar-refractivity contribution in [2.45, 2.75) is 13.1 Å². The predicted molar refractivity (Wildman–Crippen MR) is 88.4 cm³/mol. The van der Waals surface area contributed by atoms with Crippen LogP contribution in [-0.4, -0.2) is 32.1 Å². The molecule has 0 atom stereocenters. The van der Waals surface area contributed by atoms with Gasteiger partial charge in [0.1, 0.15) is 18.2 Å². The number of rotatable bonds is 2. The summed E-state index contributed by atoms with van der Waals surface area (Å²) in [4.78, 5) is 34.1. The summed E-state index contributed by atoms with van der Waals surface area (Å²) in [6.45, 7) is -0.176. The lowest BCUT2D eigenvalue weighted by Crippen LogP contribution is -2.22. The number of nitrogens with zero attached hydrogens (tertiary/aromatic N) is 5. The Balaban J connectivity index is 1.92. The molecule has 0 radical (unpaired) electrons. The Morgan fingerprint density at radius 3 is 2.76 bits per heavy atom. The van der Waals surface area contributed by atoms with Gasteiger partial charge in [0.15, 0.2) is 15.9 Å². The first-order chi connectivity index (χ1) is 11.9. The molecule has 1 aliphatic rings. The summed E-state index contributed by atoms with van der Waals surface area (Å²) in [5, 5.41) is 0. The van der Waals surface area contributed by atoms with Gasteiger partial charge in [-0.3, -0.25) is 23.6 Å². The average Bonchev–Trinajstić information content (AvgIpc) is 3.03. The van der Waals surface area contributed by atoms with Crippen molar-refractivity contribution < 1.29 is 13.6 Å².